The van der Waals surface area contributed by atoms with Crippen LogP contribution in [0.3, 0.4) is 0 Å². The summed E-state index contributed by atoms with van der Waals surface area (Å²) >= 11 is 0. The fourth-order valence-electron chi connectivity index (χ4n) is 3.33. The SMILES string of the molecule is COCCNCC1(c2cc(C)ccc2OC)CCCC1. The van der Waals surface area contributed by atoms with E-state index in [2.05, 4.69) is 30.4 Å². The van der Waals surface area contributed by atoms with Crippen LogP contribution in [-0.2, 0) is 10.2 Å². The molecule has 0 unspecified atom stereocenters. The van der Waals surface area contributed by atoms with Gasteiger partial charge in [-0.3, -0.25) is 0 Å². The van der Waals surface area contributed by atoms with Gasteiger partial charge in [-0.15, -0.1) is 0 Å². The van der Waals surface area contributed by atoms with Crippen molar-refractivity contribution < 1.29 is 9.47 Å². The van der Waals surface area contributed by atoms with Crippen molar-refractivity contribution in [2.45, 2.75) is 38.0 Å². The molecule has 1 aliphatic carbocycles. The van der Waals surface area contributed by atoms with Crippen molar-refractivity contribution in [3.8, 4) is 5.75 Å². The summed E-state index contributed by atoms with van der Waals surface area (Å²) in [6.07, 6.45) is 5.10. The average Bonchev–Trinajstić information content (AvgIpc) is 2.93. The summed E-state index contributed by atoms with van der Waals surface area (Å²) in [7, 11) is 3.52. The number of rotatable bonds is 7. The Kier molecular flexibility index (Phi) is 5.44. The van der Waals surface area contributed by atoms with Crippen LogP contribution in [0.5, 0.6) is 5.75 Å². The molecule has 1 aromatic rings. The van der Waals surface area contributed by atoms with Gasteiger partial charge in [0.25, 0.3) is 0 Å². The average molecular weight is 277 g/mol. The first-order valence-electron chi connectivity index (χ1n) is 7.57. The monoisotopic (exact) mass is 277 g/mol. The van der Waals surface area contributed by atoms with Crippen molar-refractivity contribution in [2.24, 2.45) is 0 Å². The Hall–Kier alpha value is -1.06. The topological polar surface area (TPSA) is 30.5 Å². The molecule has 2 rings (SSSR count). The first-order chi connectivity index (χ1) is 9.72. The molecule has 112 valence electrons. The molecule has 0 amide bonds. The van der Waals surface area contributed by atoms with Gasteiger partial charge in [0.2, 0.25) is 0 Å². The van der Waals surface area contributed by atoms with Crippen molar-refractivity contribution in [3.05, 3.63) is 29.3 Å². The van der Waals surface area contributed by atoms with Crippen LogP contribution in [0.1, 0.15) is 36.8 Å². The number of nitrogens with one attached hydrogen (secondary N) is 1. The molecule has 3 nitrogen and oxygen atoms in total. The van der Waals surface area contributed by atoms with Crippen molar-refractivity contribution >= 4 is 0 Å². The minimum atomic E-state index is 0.227. The molecule has 1 aliphatic rings. The molecule has 1 N–H and O–H groups in total. The van der Waals surface area contributed by atoms with Crippen molar-refractivity contribution in [1.82, 2.24) is 5.32 Å². The van der Waals surface area contributed by atoms with Gasteiger partial charge in [-0.1, -0.05) is 30.5 Å². The molecule has 0 heterocycles. The standard InChI is InChI=1S/C17H27NO2/c1-14-6-7-16(20-3)15(12-14)17(8-4-5-9-17)13-18-10-11-19-2/h6-7,12,18H,4-5,8-11,13H2,1-3H3. The third kappa shape index (κ3) is 3.33. The number of hydrogen-bond donors (Lipinski definition) is 1. The fourth-order valence-corrected chi connectivity index (χ4v) is 3.33. The molecule has 0 aliphatic heterocycles. The highest BCUT2D eigenvalue weighted by Crippen LogP contribution is 2.44. The van der Waals surface area contributed by atoms with E-state index >= 15 is 0 Å². The summed E-state index contributed by atoms with van der Waals surface area (Å²) in [6.45, 7) is 4.84. The third-order valence-corrected chi connectivity index (χ3v) is 4.43. The molecule has 0 spiro atoms. The van der Waals surface area contributed by atoms with E-state index in [4.69, 9.17) is 9.47 Å². The highest BCUT2D eigenvalue weighted by atomic mass is 16.5. The normalized spacial score (nSPS) is 17.4. The Balaban J connectivity index is 2.21. The Morgan fingerprint density at radius 3 is 2.60 bits per heavy atom. The quantitative estimate of drug-likeness (QED) is 0.777. The van der Waals surface area contributed by atoms with E-state index in [0.29, 0.717) is 0 Å². The zero-order valence-corrected chi connectivity index (χ0v) is 13.0. The lowest BCUT2D eigenvalue weighted by atomic mass is 9.77. The van der Waals surface area contributed by atoms with Gasteiger partial charge in [-0.05, 0) is 25.8 Å². The maximum absolute atomic E-state index is 5.61. The van der Waals surface area contributed by atoms with E-state index in [-0.39, 0.29) is 5.41 Å². The van der Waals surface area contributed by atoms with Crippen LogP contribution in [0.15, 0.2) is 18.2 Å². The van der Waals surface area contributed by atoms with E-state index in [9.17, 15) is 0 Å². The van der Waals surface area contributed by atoms with Crippen LogP contribution >= 0.6 is 0 Å². The molecule has 1 fully saturated rings. The predicted molar refractivity (Wildman–Crippen MR) is 82.6 cm³/mol. The summed E-state index contributed by atoms with van der Waals surface area (Å²) in [6, 6.07) is 6.55. The van der Waals surface area contributed by atoms with Crippen LogP contribution in [0, 0.1) is 6.92 Å². The smallest absolute Gasteiger partial charge is 0.122 e. The van der Waals surface area contributed by atoms with E-state index < -0.39 is 0 Å². The third-order valence-electron chi connectivity index (χ3n) is 4.43. The van der Waals surface area contributed by atoms with Crippen LogP contribution in [0.25, 0.3) is 0 Å². The van der Waals surface area contributed by atoms with Gasteiger partial charge in [0, 0.05) is 31.2 Å². The maximum Gasteiger partial charge on any atom is 0.122 e. The summed E-state index contributed by atoms with van der Waals surface area (Å²) in [4.78, 5) is 0. The Labute approximate surface area is 122 Å². The first-order valence-corrected chi connectivity index (χ1v) is 7.57. The summed E-state index contributed by atoms with van der Waals surface area (Å²) in [5.41, 5.74) is 2.91. The van der Waals surface area contributed by atoms with Crippen molar-refractivity contribution in [3.63, 3.8) is 0 Å². The summed E-state index contributed by atoms with van der Waals surface area (Å²) in [5.74, 6) is 1.03. The number of aryl methyl sites for hydroxylation is 1. The Bertz CT molecular complexity index is 425. The van der Waals surface area contributed by atoms with Gasteiger partial charge in [-0.2, -0.15) is 0 Å². The van der Waals surface area contributed by atoms with Crippen LogP contribution in [-0.4, -0.2) is 33.9 Å². The molecule has 3 heteroatoms. The number of hydrogen-bond acceptors (Lipinski definition) is 3. The minimum Gasteiger partial charge on any atom is -0.496 e. The van der Waals surface area contributed by atoms with Gasteiger partial charge in [-0.25, -0.2) is 0 Å². The molecule has 0 bridgehead atoms. The largest absolute Gasteiger partial charge is 0.496 e. The molecular weight excluding hydrogens is 250 g/mol. The number of ether oxygens (including phenoxy) is 2. The second-order valence-electron chi connectivity index (χ2n) is 5.86. The number of benzene rings is 1. The number of methoxy groups -OCH3 is 2. The van der Waals surface area contributed by atoms with E-state index in [1.807, 2.05) is 0 Å². The zero-order valence-electron chi connectivity index (χ0n) is 13.0. The summed E-state index contributed by atoms with van der Waals surface area (Å²) < 4.78 is 10.7. The molecule has 0 atom stereocenters. The Morgan fingerprint density at radius 2 is 1.95 bits per heavy atom. The van der Waals surface area contributed by atoms with Crippen LogP contribution in [0.4, 0.5) is 0 Å². The predicted octanol–water partition coefficient (Wildman–Crippen LogP) is 3.05. The lowest BCUT2D eigenvalue weighted by Crippen LogP contribution is -2.37. The highest BCUT2D eigenvalue weighted by molar-refractivity contribution is 5.43. The maximum atomic E-state index is 5.61. The van der Waals surface area contributed by atoms with E-state index in [1.165, 1.54) is 36.8 Å². The molecular formula is C17H27NO2. The molecule has 1 aromatic carbocycles. The van der Waals surface area contributed by atoms with Crippen LogP contribution < -0.4 is 10.1 Å². The van der Waals surface area contributed by atoms with E-state index in [0.717, 1.165) is 25.4 Å². The van der Waals surface area contributed by atoms with Gasteiger partial charge < -0.3 is 14.8 Å². The molecule has 1 saturated carbocycles. The molecule has 0 saturated heterocycles. The van der Waals surface area contributed by atoms with Gasteiger partial charge in [0.15, 0.2) is 0 Å². The molecule has 20 heavy (non-hydrogen) atoms. The Morgan fingerprint density at radius 1 is 1.20 bits per heavy atom. The lowest BCUT2D eigenvalue weighted by Gasteiger charge is -2.32. The van der Waals surface area contributed by atoms with Crippen molar-refractivity contribution in [1.29, 1.82) is 0 Å². The highest BCUT2D eigenvalue weighted by Gasteiger charge is 2.37. The fraction of sp³-hybridized carbons (Fsp3) is 0.647. The second-order valence-corrected chi connectivity index (χ2v) is 5.86. The zero-order chi connectivity index (χ0) is 14.4. The van der Waals surface area contributed by atoms with Crippen molar-refractivity contribution in [2.75, 3.05) is 33.9 Å². The van der Waals surface area contributed by atoms with E-state index in [1.54, 1.807) is 14.2 Å². The first kappa shape index (κ1) is 15.3. The lowest BCUT2D eigenvalue weighted by molar-refractivity contribution is 0.196. The summed E-state index contributed by atoms with van der Waals surface area (Å²) in [5, 5.41) is 3.56. The van der Waals surface area contributed by atoms with Crippen LogP contribution in [0.2, 0.25) is 0 Å². The van der Waals surface area contributed by atoms with Gasteiger partial charge in [0.1, 0.15) is 5.75 Å². The second kappa shape index (κ2) is 7.09. The van der Waals surface area contributed by atoms with Gasteiger partial charge in [0.05, 0.1) is 13.7 Å². The molecule has 0 radical (unpaired) electrons. The molecule has 0 aromatic heterocycles. The van der Waals surface area contributed by atoms with Gasteiger partial charge >= 0.3 is 0 Å². The minimum absolute atomic E-state index is 0.227.